The maximum atomic E-state index is 9.08. The molecule has 0 bridgehead atoms. The minimum atomic E-state index is -0.826. The summed E-state index contributed by atoms with van der Waals surface area (Å²) < 4.78 is 14.8. The zero-order valence-corrected chi connectivity index (χ0v) is 34.7. The van der Waals surface area contributed by atoms with E-state index < -0.39 is 5.72 Å². The van der Waals surface area contributed by atoms with Gasteiger partial charge in [0.2, 0.25) is 17.9 Å². The first-order valence-electron chi connectivity index (χ1n) is 18.4. The van der Waals surface area contributed by atoms with E-state index in [9.17, 15) is 0 Å². The van der Waals surface area contributed by atoms with Crippen LogP contribution in [0.25, 0.3) is 0 Å². The molecule has 55 heavy (non-hydrogen) atoms. The second kappa shape index (κ2) is 17.9. The fraction of sp³-hybridized carbons (Fsp3) is 0.357. The number of aliphatic imine (C=N–C) groups is 2. The largest absolute Gasteiger partial charge is 0.489 e. The summed E-state index contributed by atoms with van der Waals surface area (Å²) in [6, 6.07) is 29.3. The molecule has 2 aliphatic carbocycles. The Bertz CT molecular complexity index is 2110. The van der Waals surface area contributed by atoms with Gasteiger partial charge in [-0.05, 0) is 97.2 Å². The second-order valence-corrected chi connectivity index (χ2v) is 16.0. The molecule has 4 aromatic carbocycles. The highest BCUT2D eigenvalue weighted by Gasteiger charge is 2.50. The molecule has 5 atom stereocenters. The Kier molecular flexibility index (Phi) is 13.2. The van der Waals surface area contributed by atoms with Gasteiger partial charge in [0.05, 0.1) is 11.3 Å². The Hall–Kier alpha value is -3.96. The van der Waals surface area contributed by atoms with Crippen LogP contribution in [-0.2, 0) is 23.4 Å². The molecule has 5 unspecified atom stereocenters. The van der Waals surface area contributed by atoms with Crippen LogP contribution in [0.2, 0.25) is 0 Å². The minimum Gasteiger partial charge on any atom is -0.489 e. The molecule has 0 saturated heterocycles. The van der Waals surface area contributed by atoms with Crippen LogP contribution in [-0.4, -0.2) is 48.2 Å². The number of aryl methyl sites for hydroxylation is 2. The maximum absolute atomic E-state index is 9.08. The van der Waals surface area contributed by atoms with E-state index >= 15 is 0 Å². The third-order valence-electron chi connectivity index (χ3n) is 10.9. The number of hydroxylamine groups is 3. The van der Waals surface area contributed by atoms with Gasteiger partial charge in [-0.15, -0.1) is 12.4 Å². The average molecular weight is 893 g/mol. The van der Waals surface area contributed by atoms with Crippen LogP contribution in [0, 0.1) is 11.5 Å². The number of guanidine groups is 1. The number of benzene rings is 4. The molecule has 0 saturated carbocycles. The monoisotopic (exact) mass is 890 g/mol. The zero-order chi connectivity index (χ0) is 37.8. The number of nitrogens with zero attached hydrogens (tertiary/aromatic N) is 4. The smallest absolute Gasteiger partial charge is 0.221 e. The molecule has 13 heteroatoms. The van der Waals surface area contributed by atoms with Crippen LogP contribution in [0.15, 0.2) is 104 Å². The van der Waals surface area contributed by atoms with E-state index in [0.717, 1.165) is 63.0 Å². The van der Waals surface area contributed by atoms with Gasteiger partial charge in [0.25, 0.3) is 0 Å². The highest BCUT2D eigenvalue weighted by Crippen LogP contribution is 2.50. The minimum absolute atomic E-state index is 0. The molecule has 0 fully saturated rings. The number of fused-ring (bicyclic) bond motifs is 5. The summed E-state index contributed by atoms with van der Waals surface area (Å²) in [5.41, 5.74) is 15.3. The van der Waals surface area contributed by atoms with E-state index in [1.54, 1.807) is 17.6 Å². The van der Waals surface area contributed by atoms with Gasteiger partial charge in [-0.1, -0.05) is 80.4 Å². The number of halogens is 3. The lowest BCUT2D eigenvalue weighted by molar-refractivity contribution is -0.192. The van der Waals surface area contributed by atoms with Crippen molar-refractivity contribution in [1.82, 2.24) is 10.5 Å². The van der Waals surface area contributed by atoms with Gasteiger partial charge in [-0.3, -0.25) is 0 Å². The maximum Gasteiger partial charge on any atom is 0.221 e. The van der Waals surface area contributed by atoms with Gasteiger partial charge in [-0.25, -0.2) is 20.4 Å². The number of hydrogen-bond acceptors (Lipinski definition) is 10. The van der Waals surface area contributed by atoms with Crippen molar-refractivity contribution >= 4 is 55.9 Å². The summed E-state index contributed by atoms with van der Waals surface area (Å²) in [7, 11) is 3.23. The predicted octanol–water partition coefficient (Wildman–Crippen LogP) is 9.07. The topological polar surface area (TPSA) is 138 Å². The van der Waals surface area contributed by atoms with Gasteiger partial charge < -0.3 is 20.4 Å². The quantitative estimate of drug-likeness (QED) is 0.134. The van der Waals surface area contributed by atoms with E-state index in [1.807, 2.05) is 42.6 Å². The molecule has 4 N–H and O–H groups in total. The highest BCUT2D eigenvalue weighted by molar-refractivity contribution is 9.10. The van der Waals surface area contributed by atoms with E-state index in [0.29, 0.717) is 30.6 Å². The molecule has 1 spiro atoms. The third kappa shape index (κ3) is 8.58. The summed E-state index contributed by atoms with van der Waals surface area (Å²) in [5.74, 6) is 2.73. The molecular weight excluding hydrogens is 848 g/mol. The molecule has 288 valence electrons. The average Bonchev–Trinajstić information content (AvgIpc) is 3.47. The van der Waals surface area contributed by atoms with Gasteiger partial charge in [-0.2, -0.15) is 10.3 Å². The molecule has 5 aliphatic rings. The Morgan fingerprint density at radius 3 is 2.05 bits per heavy atom. The van der Waals surface area contributed by atoms with Crippen molar-refractivity contribution < 1.29 is 19.5 Å². The number of rotatable bonds is 2. The highest BCUT2D eigenvalue weighted by atomic mass is 79.9. The molecule has 9 rings (SSSR count). The molecule has 4 aromatic rings. The van der Waals surface area contributed by atoms with Gasteiger partial charge >= 0.3 is 0 Å². The van der Waals surface area contributed by atoms with Crippen LogP contribution in [0.4, 0.5) is 0 Å². The molecule has 0 radical (unpaired) electrons. The fourth-order valence-electron chi connectivity index (χ4n) is 8.55. The normalized spacial score (nSPS) is 25.0. The van der Waals surface area contributed by atoms with Crippen molar-refractivity contribution in [2.45, 2.75) is 81.1 Å². The number of hydrogen-bond donors (Lipinski definition) is 3. The van der Waals surface area contributed by atoms with E-state index in [2.05, 4.69) is 85.4 Å². The van der Waals surface area contributed by atoms with Gasteiger partial charge in [0.1, 0.15) is 23.7 Å². The van der Waals surface area contributed by atoms with Crippen LogP contribution in [0.3, 0.4) is 0 Å². The summed E-state index contributed by atoms with van der Waals surface area (Å²) >= 11 is 7.05. The Labute approximate surface area is 345 Å². The van der Waals surface area contributed by atoms with E-state index in [1.165, 1.54) is 42.1 Å². The van der Waals surface area contributed by atoms with Crippen molar-refractivity contribution in [3.05, 3.63) is 127 Å². The predicted molar refractivity (Wildman–Crippen MR) is 223 cm³/mol. The first-order chi connectivity index (χ1) is 26.2. The van der Waals surface area contributed by atoms with Crippen molar-refractivity contribution in [1.29, 1.82) is 5.26 Å². The molecule has 3 heterocycles. The lowest BCUT2D eigenvalue weighted by Gasteiger charge is -2.41. The van der Waals surface area contributed by atoms with E-state index in [-0.39, 0.29) is 24.6 Å². The molecule has 0 amide bonds. The number of ether oxygens (including phenoxy) is 2. The van der Waals surface area contributed by atoms with Crippen LogP contribution in [0.5, 0.6) is 11.5 Å². The summed E-state index contributed by atoms with van der Waals surface area (Å²) in [4.78, 5) is 15.0. The number of nitrogens with two attached hydrogens (primary N) is 1. The van der Waals surface area contributed by atoms with Crippen molar-refractivity contribution in [2.75, 3.05) is 14.1 Å². The first-order valence-corrected chi connectivity index (χ1v) is 20.0. The summed E-state index contributed by atoms with van der Waals surface area (Å²) in [6.45, 7) is 0. The van der Waals surface area contributed by atoms with Crippen molar-refractivity contribution in [2.24, 2.45) is 15.7 Å². The zero-order valence-electron chi connectivity index (χ0n) is 30.8. The van der Waals surface area contributed by atoms with Crippen LogP contribution < -0.4 is 20.7 Å². The van der Waals surface area contributed by atoms with Gasteiger partial charge in [0.15, 0.2) is 0 Å². The lowest BCUT2D eigenvalue weighted by atomic mass is 9.76. The summed E-state index contributed by atoms with van der Waals surface area (Å²) in [5, 5.41) is 18.0. The van der Waals surface area contributed by atoms with Crippen molar-refractivity contribution in [3.63, 3.8) is 0 Å². The fourth-order valence-corrected chi connectivity index (χ4v) is 9.27. The van der Waals surface area contributed by atoms with E-state index in [4.69, 9.17) is 35.5 Å². The molecular formula is C42H45Br2ClN6O4. The molecule has 0 aromatic heterocycles. The van der Waals surface area contributed by atoms with Gasteiger partial charge in [0, 0.05) is 53.3 Å². The van der Waals surface area contributed by atoms with Crippen LogP contribution >= 0.6 is 44.3 Å². The molecule has 10 nitrogen and oxygen atoms in total. The number of nitrogens with one attached hydrogen (secondary N) is 1. The van der Waals surface area contributed by atoms with Crippen molar-refractivity contribution in [3.8, 4) is 17.7 Å². The standard InChI is InChI=1S/C21H22BrN3O2.C20H17BrN2O.CH5NO.ClH/c1-25-20(23)24-21(27-25)12-19(26-18-10-9-14(22)11-17(18)21)16-8-4-6-13-5-2-3-7-15(13)16;21-14-8-9-19-17(10-14)18(23-12-22)11-20(24-19)16-7-3-5-13-4-1-2-6-15(13)16;1-2-3;/h2-3,5,7,9-11,16,19H,4,6,8,12H2,1H3,(H2,23,24);1-2,4,6,8-10,16,20H,3,5,7,11H2;2-3H,1H3;1H. The summed E-state index contributed by atoms with van der Waals surface area (Å²) in [6.07, 6.45) is 10.2. The Balaban J connectivity index is 0.000000173. The molecule has 3 aliphatic heterocycles. The number of nitriles is 1. The lowest BCUT2D eigenvalue weighted by Crippen LogP contribution is -2.42. The Morgan fingerprint density at radius 2 is 1.45 bits per heavy atom. The first kappa shape index (κ1) is 40.7. The SMILES string of the molecule is CN1OC2(CC(C3CCCc4ccccc43)Oc3ccc(Br)cc32)N=C1N.CNO.Cl.N#CN=C1CC(C2CCCc3ccccc32)Oc2ccc(Br)cc21. The third-order valence-corrected chi connectivity index (χ3v) is 11.9. The Morgan fingerprint density at radius 1 is 0.891 bits per heavy atom. The van der Waals surface area contributed by atoms with Crippen LogP contribution in [0.1, 0.15) is 83.7 Å². The second-order valence-electron chi connectivity index (χ2n) is 14.1.